The van der Waals surface area contributed by atoms with Gasteiger partial charge in [-0.2, -0.15) is 0 Å². The van der Waals surface area contributed by atoms with Crippen molar-refractivity contribution >= 4 is 21.5 Å². The van der Waals surface area contributed by atoms with Gasteiger partial charge in [-0.25, -0.2) is 0 Å². The van der Waals surface area contributed by atoms with Gasteiger partial charge < -0.3 is 0 Å². The van der Waals surface area contributed by atoms with E-state index in [-0.39, 0.29) is 0 Å². The molecule has 2 aliphatic carbocycles. The van der Waals surface area contributed by atoms with Crippen LogP contribution in [0.1, 0.15) is 0 Å². The number of hydrogen-bond acceptors (Lipinski definition) is 0. The molecule has 44 heavy (non-hydrogen) atoms. The predicted octanol–water partition coefficient (Wildman–Crippen LogP) is 12.3. The molecule has 0 nitrogen and oxygen atoms in total. The third-order valence-electron chi connectivity index (χ3n) is 9.79. The minimum atomic E-state index is 1.23. The van der Waals surface area contributed by atoms with Crippen LogP contribution < -0.4 is 0 Å². The molecule has 0 saturated heterocycles. The summed E-state index contributed by atoms with van der Waals surface area (Å²) < 4.78 is 0. The molecule has 10 rings (SSSR count). The van der Waals surface area contributed by atoms with Crippen molar-refractivity contribution in [3.05, 3.63) is 158 Å². The molecule has 0 aliphatic heterocycles. The molecule has 0 heterocycles. The molecule has 0 bridgehead atoms. The lowest BCUT2D eigenvalue weighted by Crippen LogP contribution is -1.87. The minimum absolute atomic E-state index is 1.23. The highest BCUT2D eigenvalue weighted by molar-refractivity contribution is 6.20. The summed E-state index contributed by atoms with van der Waals surface area (Å²) in [6.45, 7) is 0. The number of fused-ring (bicyclic) bond motifs is 6. The van der Waals surface area contributed by atoms with Crippen molar-refractivity contribution in [1.82, 2.24) is 0 Å². The van der Waals surface area contributed by atoms with Gasteiger partial charge in [-0.3, -0.25) is 0 Å². The molecule has 202 valence electrons. The number of rotatable bonds is 3. The standard InChI is InChI=1S/C44H26/c1-3-11-39-35(9-1)37-13-5-7-31-23-25-33(43(39)41(31)37)29-19-15-27(16-20-29)28-17-21-30(22-18-28)34-26-24-32-8-6-14-38-36-10-2-4-12-40(36)44(34)42(32)38/h1-26H. The van der Waals surface area contributed by atoms with Gasteiger partial charge in [0.2, 0.25) is 0 Å². The van der Waals surface area contributed by atoms with Crippen LogP contribution in [0.4, 0.5) is 0 Å². The summed E-state index contributed by atoms with van der Waals surface area (Å²) in [4.78, 5) is 0. The number of benzene rings is 8. The van der Waals surface area contributed by atoms with E-state index in [1.807, 2.05) is 0 Å². The molecule has 8 aromatic carbocycles. The Morgan fingerprint density at radius 3 is 1.00 bits per heavy atom. The highest BCUT2D eigenvalue weighted by Crippen LogP contribution is 2.52. The van der Waals surface area contributed by atoms with Gasteiger partial charge in [-0.15, -0.1) is 0 Å². The average molecular weight is 555 g/mol. The summed E-state index contributed by atoms with van der Waals surface area (Å²) in [5, 5.41) is 5.35. The highest BCUT2D eigenvalue weighted by atomic mass is 14.3. The monoisotopic (exact) mass is 554 g/mol. The van der Waals surface area contributed by atoms with Crippen LogP contribution in [0.5, 0.6) is 0 Å². The van der Waals surface area contributed by atoms with Gasteiger partial charge in [-0.05, 0) is 99.4 Å². The molecule has 0 atom stereocenters. The molecule has 0 fully saturated rings. The molecule has 0 unspecified atom stereocenters. The fourth-order valence-corrected chi connectivity index (χ4v) is 7.80. The first kappa shape index (κ1) is 23.8. The van der Waals surface area contributed by atoms with E-state index in [1.165, 1.54) is 99.4 Å². The van der Waals surface area contributed by atoms with Crippen LogP contribution >= 0.6 is 0 Å². The normalized spacial score (nSPS) is 12.1. The Balaban J connectivity index is 1.03. The minimum Gasteiger partial charge on any atom is -0.0616 e. The van der Waals surface area contributed by atoms with Crippen LogP contribution in [0.3, 0.4) is 0 Å². The van der Waals surface area contributed by atoms with E-state index in [2.05, 4.69) is 158 Å². The van der Waals surface area contributed by atoms with Gasteiger partial charge in [0.1, 0.15) is 0 Å². The fraction of sp³-hybridized carbons (Fsp3) is 0. The summed E-state index contributed by atoms with van der Waals surface area (Å²) in [6.07, 6.45) is 0. The molecule has 8 aromatic rings. The van der Waals surface area contributed by atoms with Crippen molar-refractivity contribution in [1.29, 1.82) is 0 Å². The lowest BCUT2D eigenvalue weighted by atomic mass is 9.91. The zero-order chi connectivity index (χ0) is 28.8. The van der Waals surface area contributed by atoms with Gasteiger partial charge in [-0.1, -0.05) is 158 Å². The van der Waals surface area contributed by atoms with E-state index < -0.39 is 0 Å². The molecule has 0 N–H and O–H groups in total. The van der Waals surface area contributed by atoms with Crippen LogP contribution in [-0.2, 0) is 0 Å². The Kier molecular flexibility index (Phi) is 4.81. The van der Waals surface area contributed by atoms with E-state index in [1.54, 1.807) is 0 Å². The summed E-state index contributed by atoms with van der Waals surface area (Å²) in [6, 6.07) is 58.3. The molecular formula is C44H26. The molecule has 0 heteroatoms. The Labute approximate surface area is 256 Å². The zero-order valence-electron chi connectivity index (χ0n) is 24.0. The molecule has 0 saturated carbocycles. The maximum absolute atomic E-state index is 2.30. The second-order valence-electron chi connectivity index (χ2n) is 12.0. The smallest absolute Gasteiger partial charge is 0.00143 e. The Bertz CT molecular complexity index is 2280. The largest absolute Gasteiger partial charge is 0.0616 e. The topological polar surface area (TPSA) is 0 Å². The molecule has 2 aliphatic rings. The predicted molar refractivity (Wildman–Crippen MR) is 187 cm³/mol. The second kappa shape index (κ2) is 8.89. The molecular weight excluding hydrogens is 528 g/mol. The molecule has 0 aromatic heterocycles. The van der Waals surface area contributed by atoms with Crippen molar-refractivity contribution in [2.45, 2.75) is 0 Å². The maximum atomic E-state index is 2.30. The quantitative estimate of drug-likeness (QED) is 0.204. The number of hydrogen-bond donors (Lipinski definition) is 0. The average Bonchev–Trinajstić information content (AvgIpc) is 3.62. The van der Waals surface area contributed by atoms with E-state index in [9.17, 15) is 0 Å². The maximum Gasteiger partial charge on any atom is -0.00143 e. The summed E-state index contributed by atoms with van der Waals surface area (Å²) in [5.74, 6) is 0. The van der Waals surface area contributed by atoms with Crippen LogP contribution in [0.25, 0.3) is 99.4 Å². The Hall–Kier alpha value is -5.72. The summed E-state index contributed by atoms with van der Waals surface area (Å²) in [5.41, 5.74) is 18.3. The first-order valence-corrected chi connectivity index (χ1v) is 15.4. The van der Waals surface area contributed by atoms with E-state index in [4.69, 9.17) is 0 Å². The summed E-state index contributed by atoms with van der Waals surface area (Å²) in [7, 11) is 0. The lowest BCUT2D eigenvalue weighted by Gasteiger charge is -2.13. The highest BCUT2D eigenvalue weighted by Gasteiger charge is 2.25. The van der Waals surface area contributed by atoms with Crippen LogP contribution in [-0.4, -0.2) is 0 Å². The summed E-state index contributed by atoms with van der Waals surface area (Å²) >= 11 is 0. The van der Waals surface area contributed by atoms with Gasteiger partial charge in [0.05, 0.1) is 0 Å². The molecule has 0 amide bonds. The third kappa shape index (κ3) is 3.23. The fourth-order valence-electron chi connectivity index (χ4n) is 7.80. The zero-order valence-corrected chi connectivity index (χ0v) is 24.0. The van der Waals surface area contributed by atoms with Crippen molar-refractivity contribution in [2.75, 3.05) is 0 Å². The first-order chi connectivity index (χ1) is 21.8. The first-order valence-electron chi connectivity index (χ1n) is 15.4. The van der Waals surface area contributed by atoms with Crippen molar-refractivity contribution < 1.29 is 0 Å². The van der Waals surface area contributed by atoms with E-state index >= 15 is 0 Å². The Morgan fingerprint density at radius 1 is 0.205 bits per heavy atom. The molecule has 0 radical (unpaired) electrons. The SMILES string of the molecule is c1ccc2c(c1)-c1cccc3ccc(-c4ccc(-c5ccc(-c6ccc7cccc8c7c6-c6ccccc6-8)cc5)cc4)c-2c13. The van der Waals surface area contributed by atoms with Gasteiger partial charge >= 0.3 is 0 Å². The van der Waals surface area contributed by atoms with Crippen molar-refractivity contribution in [3.63, 3.8) is 0 Å². The lowest BCUT2D eigenvalue weighted by molar-refractivity contribution is 1.59. The second-order valence-corrected chi connectivity index (χ2v) is 12.0. The third-order valence-corrected chi connectivity index (χ3v) is 9.79. The van der Waals surface area contributed by atoms with Crippen LogP contribution in [0, 0.1) is 0 Å². The van der Waals surface area contributed by atoms with Gasteiger partial charge in [0.15, 0.2) is 0 Å². The molecule has 0 spiro atoms. The van der Waals surface area contributed by atoms with Crippen LogP contribution in [0.2, 0.25) is 0 Å². The Morgan fingerprint density at radius 2 is 0.568 bits per heavy atom. The van der Waals surface area contributed by atoms with E-state index in [0.717, 1.165) is 0 Å². The van der Waals surface area contributed by atoms with Crippen molar-refractivity contribution in [3.8, 4) is 77.9 Å². The van der Waals surface area contributed by atoms with Crippen LogP contribution in [0.15, 0.2) is 158 Å². The van der Waals surface area contributed by atoms with Gasteiger partial charge in [0.25, 0.3) is 0 Å². The van der Waals surface area contributed by atoms with Gasteiger partial charge in [0, 0.05) is 0 Å². The van der Waals surface area contributed by atoms with Crippen molar-refractivity contribution in [2.24, 2.45) is 0 Å². The van der Waals surface area contributed by atoms with E-state index in [0.29, 0.717) is 0 Å².